The summed E-state index contributed by atoms with van der Waals surface area (Å²) in [7, 11) is -3.68. The summed E-state index contributed by atoms with van der Waals surface area (Å²) < 4.78 is 28.2. The Morgan fingerprint density at radius 2 is 1.81 bits per heavy atom. The van der Waals surface area contributed by atoms with Gasteiger partial charge in [-0.1, -0.05) is 44.2 Å². The average Bonchev–Trinajstić information content (AvgIpc) is 3.28. The highest BCUT2D eigenvalue weighted by molar-refractivity contribution is 7.89. The van der Waals surface area contributed by atoms with E-state index in [0.717, 1.165) is 42.6 Å². The van der Waals surface area contributed by atoms with E-state index in [1.165, 1.54) is 50.7 Å². The lowest BCUT2D eigenvalue weighted by Gasteiger charge is -2.21. The number of primary sulfonamides is 1. The number of aliphatic imine (C=N–C) groups is 1. The van der Waals surface area contributed by atoms with Gasteiger partial charge in [0.15, 0.2) is 5.96 Å². The number of nitrogens with one attached hydrogen (secondary N) is 2. The van der Waals surface area contributed by atoms with E-state index in [0.29, 0.717) is 13.1 Å². The summed E-state index contributed by atoms with van der Waals surface area (Å²) >= 11 is 0. The van der Waals surface area contributed by atoms with Gasteiger partial charge in [-0.25, -0.2) is 18.5 Å². The van der Waals surface area contributed by atoms with Gasteiger partial charge < -0.3 is 15.1 Å². The number of nitrogens with two attached hydrogens (primary N) is 1. The second-order valence-corrected chi connectivity index (χ2v) is 9.74. The molecule has 7 nitrogen and oxygen atoms in total. The van der Waals surface area contributed by atoms with Gasteiger partial charge in [0.2, 0.25) is 10.0 Å². The summed E-state index contributed by atoms with van der Waals surface area (Å²) in [6.07, 6.45) is 11.7. The van der Waals surface area contributed by atoms with Gasteiger partial charge in [0.1, 0.15) is 5.76 Å². The van der Waals surface area contributed by atoms with Crippen molar-refractivity contribution in [2.45, 2.75) is 62.8 Å². The van der Waals surface area contributed by atoms with Crippen LogP contribution in [-0.4, -0.2) is 27.5 Å². The first-order chi connectivity index (χ1) is 15.0. The molecule has 0 atom stereocenters. The SMILES string of the molecule is NS(=O)(=O)c1ccc(CN=C(NCCCC2CCCCC2)NCCc2ccco2)cc1. The van der Waals surface area contributed by atoms with Crippen LogP contribution in [0, 0.1) is 5.92 Å². The second kappa shape index (κ2) is 11.9. The van der Waals surface area contributed by atoms with Crippen molar-refractivity contribution in [1.29, 1.82) is 0 Å². The number of guanidine groups is 1. The van der Waals surface area contributed by atoms with E-state index in [-0.39, 0.29) is 4.90 Å². The van der Waals surface area contributed by atoms with E-state index >= 15 is 0 Å². The lowest BCUT2D eigenvalue weighted by molar-refractivity contribution is 0.332. The fraction of sp³-hybridized carbons (Fsp3) is 0.522. The molecule has 0 unspecified atom stereocenters. The Bertz CT molecular complexity index is 903. The lowest BCUT2D eigenvalue weighted by Crippen LogP contribution is -2.39. The quantitative estimate of drug-likeness (QED) is 0.294. The number of rotatable bonds is 10. The van der Waals surface area contributed by atoms with Crippen molar-refractivity contribution in [2.75, 3.05) is 13.1 Å². The minimum absolute atomic E-state index is 0.109. The topological polar surface area (TPSA) is 110 Å². The summed E-state index contributed by atoms with van der Waals surface area (Å²) in [4.78, 5) is 4.78. The zero-order chi connectivity index (χ0) is 21.9. The van der Waals surface area contributed by atoms with Crippen molar-refractivity contribution in [3.8, 4) is 0 Å². The Balaban J connectivity index is 1.51. The van der Waals surface area contributed by atoms with E-state index in [4.69, 9.17) is 9.56 Å². The predicted octanol–water partition coefficient (Wildman–Crippen LogP) is 3.57. The average molecular weight is 447 g/mol. The molecule has 1 heterocycles. The highest BCUT2D eigenvalue weighted by atomic mass is 32.2. The monoisotopic (exact) mass is 446 g/mol. The van der Waals surface area contributed by atoms with Crippen LogP contribution in [0.1, 0.15) is 56.3 Å². The minimum atomic E-state index is -3.68. The van der Waals surface area contributed by atoms with Crippen molar-refractivity contribution in [3.63, 3.8) is 0 Å². The molecular formula is C23H34N4O3S. The zero-order valence-corrected chi connectivity index (χ0v) is 18.9. The van der Waals surface area contributed by atoms with Gasteiger partial charge in [-0.3, -0.25) is 0 Å². The summed E-state index contributed by atoms with van der Waals surface area (Å²) in [6, 6.07) is 10.4. The minimum Gasteiger partial charge on any atom is -0.469 e. The lowest BCUT2D eigenvalue weighted by atomic mass is 9.86. The molecule has 1 aromatic carbocycles. The molecule has 4 N–H and O–H groups in total. The van der Waals surface area contributed by atoms with Gasteiger partial charge >= 0.3 is 0 Å². The molecule has 8 heteroatoms. The number of furan rings is 1. The molecule has 2 aromatic rings. The van der Waals surface area contributed by atoms with E-state index in [2.05, 4.69) is 15.6 Å². The van der Waals surface area contributed by atoms with Crippen LogP contribution in [0.4, 0.5) is 0 Å². The maximum Gasteiger partial charge on any atom is 0.238 e. The molecule has 0 radical (unpaired) electrons. The van der Waals surface area contributed by atoms with Crippen LogP contribution in [0.15, 0.2) is 57.0 Å². The molecule has 1 fully saturated rings. The molecule has 0 aliphatic heterocycles. The number of nitrogens with zero attached hydrogens (tertiary/aromatic N) is 1. The van der Waals surface area contributed by atoms with Crippen molar-refractivity contribution in [3.05, 3.63) is 54.0 Å². The third-order valence-electron chi connectivity index (χ3n) is 5.72. The molecule has 0 bridgehead atoms. The molecule has 170 valence electrons. The third-order valence-corrected chi connectivity index (χ3v) is 6.65. The molecule has 1 aliphatic carbocycles. The summed E-state index contributed by atoms with van der Waals surface area (Å²) in [5.74, 6) is 2.56. The Labute approximate surface area is 185 Å². The van der Waals surface area contributed by atoms with Crippen LogP contribution in [0.3, 0.4) is 0 Å². The maximum absolute atomic E-state index is 11.4. The Hall–Kier alpha value is -2.32. The first kappa shape index (κ1) is 23.3. The fourth-order valence-electron chi connectivity index (χ4n) is 3.96. The van der Waals surface area contributed by atoms with Crippen molar-refractivity contribution in [2.24, 2.45) is 16.0 Å². The molecule has 3 rings (SSSR count). The number of benzene rings is 1. The van der Waals surface area contributed by atoms with Crippen LogP contribution in [0.5, 0.6) is 0 Å². The van der Waals surface area contributed by atoms with Gasteiger partial charge in [-0.2, -0.15) is 0 Å². The van der Waals surface area contributed by atoms with Gasteiger partial charge in [0.05, 0.1) is 17.7 Å². The zero-order valence-electron chi connectivity index (χ0n) is 18.1. The van der Waals surface area contributed by atoms with Crippen molar-refractivity contribution >= 4 is 16.0 Å². The molecule has 31 heavy (non-hydrogen) atoms. The van der Waals surface area contributed by atoms with Gasteiger partial charge in [-0.05, 0) is 48.6 Å². The van der Waals surface area contributed by atoms with E-state index < -0.39 is 10.0 Å². The Morgan fingerprint density at radius 1 is 1.06 bits per heavy atom. The molecule has 0 amide bonds. The maximum atomic E-state index is 11.4. The molecule has 1 aliphatic rings. The van der Waals surface area contributed by atoms with Gasteiger partial charge in [0, 0.05) is 19.5 Å². The second-order valence-electron chi connectivity index (χ2n) is 8.18. The van der Waals surface area contributed by atoms with Crippen LogP contribution in [0.2, 0.25) is 0 Å². The summed E-state index contributed by atoms with van der Waals surface area (Å²) in [5, 5.41) is 12.0. The molecule has 1 aromatic heterocycles. The number of hydrogen-bond acceptors (Lipinski definition) is 4. The Kier molecular flexibility index (Phi) is 8.97. The predicted molar refractivity (Wildman–Crippen MR) is 123 cm³/mol. The Morgan fingerprint density at radius 3 is 2.48 bits per heavy atom. The molecule has 0 spiro atoms. The van der Waals surface area contributed by atoms with E-state index in [1.807, 2.05) is 12.1 Å². The number of hydrogen-bond donors (Lipinski definition) is 3. The van der Waals surface area contributed by atoms with Crippen molar-refractivity contribution < 1.29 is 12.8 Å². The third kappa shape index (κ3) is 8.38. The normalized spacial score (nSPS) is 15.7. The van der Waals surface area contributed by atoms with Crippen molar-refractivity contribution in [1.82, 2.24) is 10.6 Å². The molecule has 1 saturated carbocycles. The largest absolute Gasteiger partial charge is 0.469 e. The fourth-order valence-corrected chi connectivity index (χ4v) is 4.48. The smallest absolute Gasteiger partial charge is 0.238 e. The van der Waals surface area contributed by atoms with E-state index in [9.17, 15) is 8.42 Å². The van der Waals surface area contributed by atoms with Crippen LogP contribution >= 0.6 is 0 Å². The van der Waals surface area contributed by atoms with Crippen LogP contribution in [-0.2, 0) is 23.0 Å². The first-order valence-corrected chi connectivity index (χ1v) is 12.7. The van der Waals surface area contributed by atoms with Crippen LogP contribution < -0.4 is 15.8 Å². The highest BCUT2D eigenvalue weighted by Crippen LogP contribution is 2.26. The standard InChI is InChI=1S/C23H34N4O3S/c24-31(28,29)22-12-10-20(11-13-22)18-27-23(26-16-14-21-9-5-17-30-21)25-15-4-8-19-6-2-1-3-7-19/h5,9-13,17,19H,1-4,6-8,14-16,18H2,(H2,24,28,29)(H2,25,26,27). The van der Waals surface area contributed by atoms with Gasteiger partial charge in [0.25, 0.3) is 0 Å². The first-order valence-electron chi connectivity index (χ1n) is 11.2. The number of sulfonamides is 1. The molecular weight excluding hydrogens is 412 g/mol. The summed E-state index contributed by atoms with van der Waals surface area (Å²) in [6.45, 7) is 2.05. The van der Waals surface area contributed by atoms with E-state index in [1.54, 1.807) is 18.4 Å². The molecule has 0 saturated heterocycles. The highest BCUT2D eigenvalue weighted by Gasteiger charge is 2.12. The van der Waals surface area contributed by atoms with Crippen LogP contribution in [0.25, 0.3) is 0 Å². The van der Waals surface area contributed by atoms with Gasteiger partial charge in [-0.15, -0.1) is 0 Å². The summed E-state index contributed by atoms with van der Waals surface area (Å²) in [5.41, 5.74) is 0.918.